The van der Waals surface area contributed by atoms with E-state index >= 15 is 0 Å². The van der Waals surface area contributed by atoms with Crippen LogP contribution in [0.2, 0.25) is 0 Å². The minimum absolute atomic E-state index is 0.0435. The van der Waals surface area contributed by atoms with E-state index in [0.29, 0.717) is 23.9 Å². The first-order valence-corrected chi connectivity index (χ1v) is 37.8. The number of phosphoric ester groups is 1. The molecule has 0 rings (SSSR count). The number of hydrogen-bond donors (Lipinski definition) is 2. The van der Waals surface area contributed by atoms with Gasteiger partial charge in [0.05, 0.1) is 33.8 Å². The number of nitrogens with zero attached hydrogens (tertiary/aromatic N) is 1. The van der Waals surface area contributed by atoms with E-state index in [1.165, 1.54) is 270 Å². The Balaban J connectivity index is 4.96. The van der Waals surface area contributed by atoms with Crippen molar-refractivity contribution in [3.05, 3.63) is 36.5 Å². The molecule has 2 N–H and O–H groups in total. The lowest BCUT2D eigenvalue weighted by atomic mass is 10.0. The van der Waals surface area contributed by atoms with Crippen molar-refractivity contribution in [2.45, 2.75) is 380 Å². The van der Waals surface area contributed by atoms with E-state index in [1.54, 1.807) is 0 Å². The van der Waals surface area contributed by atoms with E-state index in [-0.39, 0.29) is 25.1 Å². The Labute approximate surface area is 516 Å². The first kappa shape index (κ1) is 81.2. The smallest absolute Gasteiger partial charge is 0.456 e. The zero-order chi connectivity index (χ0) is 60.7. The molecular weight excluding hydrogens is 1050 g/mol. The fraction of sp³-hybridized carbons (Fsp3) is 0.890. The van der Waals surface area contributed by atoms with Gasteiger partial charge in [-0.3, -0.25) is 18.6 Å². The molecule has 3 unspecified atom stereocenters. The summed E-state index contributed by atoms with van der Waals surface area (Å²) in [5.41, 5.74) is 0. The van der Waals surface area contributed by atoms with Gasteiger partial charge < -0.3 is 19.4 Å². The standard InChI is InChI=1S/C73H141N2O7P/c1-7-10-13-16-19-22-25-27-29-31-33-35-36-37-38-40-41-43-45-47-50-53-56-59-62-65-72(76)74-70(69-81-83(78,79)80-68-67-75(4,5)6)71(64-61-58-55-52-49-24-21-18-15-12-9-3)82-73(77)66-63-60-57-54-51-48-46-44-42-39-34-32-30-28-26-23-20-17-14-11-8-2/h19,22,27,29,61,64,70-71H,7-18,20-21,23-26,28,30-60,62-63,65-69H2,1-6H3,(H-,74,76,78,79)/p+1/b22-19-,29-27-,64-61+. The maximum Gasteiger partial charge on any atom is 0.472 e. The highest BCUT2D eigenvalue weighted by molar-refractivity contribution is 7.47. The summed E-state index contributed by atoms with van der Waals surface area (Å²) >= 11 is 0. The highest BCUT2D eigenvalue weighted by atomic mass is 31.2. The van der Waals surface area contributed by atoms with Crippen LogP contribution in [0.4, 0.5) is 0 Å². The predicted molar refractivity (Wildman–Crippen MR) is 360 cm³/mol. The van der Waals surface area contributed by atoms with Crippen LogP contribution in [-0.2, 0) is 27.9 Å². The number of quaternary nitrogens is 1. The number of esters is 1. The molecule has 0 saturated carbocycles. The molecule has 0 aliphatic carbocycles. The van der Waals surface area contributed by atoms with Gasteiger partial charge in [0, 0.05) is 12.8 Å². The van der Waals surface area contributed by atoms with Gasteiger partial charge in [-0.2, -0.15) is 0 Å². The van der Waals surface area contributed by atoms with Crippen molar-refractivity contribution in [1.82, 2.24) is 5.32 Å². The van der Waals surface area contributed by atoms with Gasteiger partial charge in [-0.25, -0.2) is 4.57 Å². The lowest BCUT2D eigenvalue weighted by Gasteiger charge is -2.27. The highest BCUT2D eigenvalue weighted by Gasteiger charge is 2.30. The molecule has 0 aliphatic heterocycles. The molecule has 0 fully saturated rings. The van der Waals surface area contributed by atoms with Gasteiger partial charge in [0.1, 0.15) is 19.3 Å². The van der Waals surface area contributed by atoms with Crippen molar-refractivity contribution in [3.63, 3.8) is 0 Å². The molecule has 0 spiro atoms. The molecule has 0 aromatic carbocycles. The maximum atomic E-state index is 13.6. The number of nitrogens with one attached hydrogen (secondary N) is 1. The molecule has 0 bridgehead atoms. The van der Waals surface area contributed by atoms with Gasteiger partial charge in [0.2, 0.25) is 5.91 Å². The number of allylic oxidation sites excluding steroid dienone is 5. The minimum Gasteiger partial charge on any atom is -0.456 e. The van der Waals surface area contributed by atoms with Crippen molar-refractivity contribution in [3.8, 4) is 0 Å². The fourth-order valence-electron chi connectivity index (χ4n) is 11.0. The zero-order valence-electron chi connectivity index (χ0n) is 56.2. The lowest BCUT2D eigenvalue weighted by Crippen LogP contribution is -2.47. The molecule has 83 heavy (non-hydrogen) atoms. The van der Waals surface area contributed by atoms with E-state index in [1.807, 2.05) is 33.3 Å². The Morgan fingerprint density at radius 1 is 0.422 bits per heavy atom. The van der Waals surface area contributed by atoms with Crippen LogP contribution < -0.4 is 5.32 Å². The first-order chi connectivity index (χ1) is 40.4. The molecule has 490 valence electrons. The van der Waals surface area contributed by atoms with Gasteiger partial charge in [-0.15, -0.1) is 0 Å². The Bertz CT molecular complexity index is 1510. The van der Waals surface area contributed by atoms with Gasteiger partial charge in [0.25, 0.3) is 0 Å². The molecule has 0 radical (unpaired) electrons. The van der Waals surface area contributed by atoms with Crippen LogP contribution in [0.5, 0.6) is 0 Å². The molecule has 0 aromatic heterocycles. The zero-order valence-corrected chi connectivity index (χ0v) is 57.1. The number of hydrogen-bond acceptors (Lipinski definition) is 6. The second-order valence-electron chi connectivity index (χ2n) is 26.1. The predicted octanol–water partition coefficient (Wildman–Crippen LogP) is 23.0. The van der Waals surface area contributed by atoms with Gasteiger partial charge in [0.15, 0.2) is 0 Å². The summed E-state index contributed by atoms with van der Waals surface area (Å²) in [4.78, 5) is 37.9. The second kappa shape index (κ2) is 63.3. The Morgan fingerprint density at radius 3 is 1.11 bits per heavy atom. The Morgan fingerprint density at radius 2 is 0.735 bits per heavy atom. The average Bonchev–Trinajstić information content (AvgIpc) is 3.51. The first-order valence-electron chi connectivity index (χ1n) is 36.3. The molecule has 3 atom stereocenters. The second-order valence-corrected chi connectivity index (χ2v) is 27.6. The van der Waals surface area contributed by atoms with Crippen LogP contribution in [-0.4, -0.2) is 74.3 Å². The van der Waals surface area contributed by atoms with E-state index in [2.05, 4.69) is 50.4 Å². The van der Waals surface area contributed by atoms with Gasteiger partial charge >= 0.3 is 13.8 Å². The number of amides is 1. The number of rotatable bonds is 67. The molecule has 0 aliphatic rings. The van der Waals surface area contributed by atoms with Crippen LogP contribution in [0.3, 0.4) is 0 Å². The van der Waals surface area contributed by atoms with Crippen LogP contribution in [0.1, 0.15) is 367 Å². The van der Waals surface area contributed by atoms with Crippen molar-refractivity contribution >= 4 is 19.7 Å². The monoisotopic (exact) mass is 1190 g/mol. The minimum atomic E-state index is -4.45. The highest BCUT2D eigenvalue weighted by Crippen LogP contribution is 2.43. The molecular formula is C73H142N2O7P+. The van der Waals surface area contributed by atoms with Crippen molar-refractivity contribution < 1.29 is 37.3 Å². The van der Waals surface area contributed by atoms with Crippen molar-refractivity contribution in [2.75, 3.05) is 40.9 Å². The molecule has 0 aromatic rings. The number of carbonyl (C=O) groups excluding carboxylic acids is 2. The summed E-state index contributed by atoms with van der Waals surface area (Å²) in [7, 11) is 1.52. The molecule has 0 saturated heterocycles. The van der Waals surface area contributed by atoms with E-state index in [9.17, 15) is 19.0 Å². The largest absolute Gasteiger partial charge is 0.472 e. The number of ether oxygens (including phenoxy) is 1. The number of unbranched alkanes of at least 4 members (excludes halogenated alkanes) is 47. The SMILES string of the molecule is CCCCC/C=C\C/C=C\CCCCCCCCCCCCCCCCCC(=O)NC(COP(=O)(O)OCC[N+](C)(C)C)C(/C=C/CCCCCCCCCCC)OC(=O)CCCCCCCCCCCCCCCCCCCCCCC. The van der Waals surface area contributed by atoms with Crippen molar-refractivity contribution in [2.24, 2.45) is 0 Å². The van der Waals surface area contributed by atoms with E-state index < -0.39 is 20.0 Å². The molecule has 1 amide bonds. The topological polar surface area (TPSA) is 111 Å². The van der Waals surface area contributed by atoms with Crippen LogP contribution in [0.25, 0.3) is 0 Å². The van der Waals surface area contributed by atoms with Crippen LogP contribution in [0, 0.1) is 0 Å². The van der Waals surface area contributed by atoms with Crippen molar-refractivity contribution in [1.29, 1.82) is 0 Å². The Kier molecular flexibility index (Phi) is 61.9. The summed E-state index contributed by atoms with van der Waals surface area (Å²) in [6.07, 6.45) is 78.8. The summed E-state index contributed by atoms with van der Waals surface area (Å²) in [6.45, 7) is 7.05. The number of likely N-dealkylation sites (N-methyl/N-ethyl adjacent to an activating group) is 1. The third kappa shape index (κ3) is 64.5. The van der Waals surface area contributed by atoms with Gasteiger partial charge in [-0.1, -0.05) is 327 Å². The molecule has 0 heterocycles. The van der Waals surface area contributed by atoms with Gasteiger partial charge in [-0.05, 0) is 63.9 Å². The maximum absolute atomic E-state index is 13.6. The van der Waals surface area contributed by atoms with E-state index in [0.717, 1.165) is 64.2 Å². The fourth-order valence-corrected chi connectivity index (χ4v) is 11.7. The summed E-state index contributed by atoms with van der Waals surface area (Å²) in [6, 6.07) is -0.844. The normalized spacial score (nSPS) is 13.7. The third-order valence-electron chi connectivity index (χ3n) is 16.6. The average molecular weight is 1190 g/mol. The number of carbonyl (C=O) groups is 2. The molecule has 10 heteroatoms. The summed E-state index contributed by atoms with van der Waals surface area (Å²) < 4.78 is 30.8. The molecule has 9 nitrogen and oxygen atoms in total. The number of phosphoric acid groups is 1. The third-order valence-corrected chi connectivity index (χ3v) is 17.6. The Hall–Kier alpha value is -1.77. The van der Waals surface area contributed by atoms with Crippen LogP contribution in [0.15, 0.2) is 36.5 Å². The van der Waals surface area contributed by atoms with E-state index in [4.69, 9.17) is 13.8 Å². The quantitative estimate of drug-likeness (QED) is 0.0205. The summed E-state index contributed by atoms with van der Waals surface area (Å²) in [5, 5.41) is 3.08. The van der Waals surface area contributed by atoms with Crippen LogP contribution >= 0.6 is 7.82 Å². The lowest BCUT2D eigenvalue weighted by molar-refractivity contribution is -0.870. The summed E-state index contributed by atoms with van der Waals surface area (Å²) in [5.74, 6) is -0.484.